The van der Waals surface area contributed by atoms with Gasteiger partial charge in [-0.05, 0) is 30.9 Å². The minimum Gasteiger partial charge on any atom is -0.493 e. The number of imidazole rings is 1. The van der Waals surface area contributed by atoms with E-state index in [0.717, 1.165) is 17.4 Å². The zero-order valence-corrected chi connectivity index (χ0v) is 19.9. The summed E-state index contributed by atoms with van der Waals surface area (Å²) in [6.07, 6.45) is 6.29. The van der Waals surface area contributed by atoms with Gasteiger partial charge >= 0.3 is 0 Å². The number of benzene rings is 1. The number of anilines is 1. The van der Waals surface area contributed by atoms with E-state index in [2.05, 4.69) is 15.3 Å². The second-order valence-electron chi connectivity index (χ2n) is 8.81. The van der Waals surface area contributed by atoms with Crippen LogP contribution in [0.15, 0.2) is 29.7 Å². The number of halogens is 1. The predicted molar refractivity (Wildman–Crippen MR) is 123 cm³/mol. The van der Waals surface area contributed by atoms with Gasteiger partial charge in [0.15, 0.2) is 14.9 Å². The first-order valence-corrected chi connectivity index (χ1v) is 13.1. The average Bonchev–Trinajstić information content (AvgIpc) is 3.46. The van der Waals surface area contributed by atoms with Gasteiger partial charge in [0.2, 0.25) is 11.9 Å². The maximum atomic E-state index is 14.6. The lowest BCUT2D eigenvalue weighted by Crippen LogP contribution is -2.36. The van der Waals surface area contributed by atoms with Gasteiger partial charge in [0, 0.05) is 62.1 Å². The van der Waals surface area contributed by atoms with Crippen molar-refractivity contribution in [2.45, 2.75) is 43.7 Å². The molecule has 0 aliphatic carbocycles. The number of aromatic nitrogens is 3. The number of ether oxygens (including phenoxy) is 1. The number of fused-ring (bicyclic) bond motifs is 2. The number of rotatable bonds is 5. The Morgan fingerprint density at radius 3 is 2.74 bits per heavy atom. The fourth-order valence-corrected chi connectivity index (χ4v) is 5.70. The third-order valence-corrected chi connectivity index (χ3v) is 7.66. The molecular weight excluding hydrogens is 461 g/mol. The van der Waals surface area contributed by atoms with Crippen LogP contribution in [0.25, 0.3) is 5.52 Å². The van der Waals surface area contributed by atoms with E-state index < -0.39 is 9.84 Å². The van der Waals surface area contributed by atoms with Gasteiger partial charge in [-0.25, -0.2) is 22.8 Å². The third-order valence-electron chi connectivity index (χ3n) is 6.66. The van der Waals surface area contributed by atoms with Crippen molar-refractivity contribution in [2.24, 2.45) is 0 Å². The molecule has 0 spiro atoms. The predicted octanol–water partition coefficient (Wildman–Crippen LogP) is 2.54. The summed E-state index contributed by atoms with van der Waals surface area (Å²) >= 11 is 0. The van der Waals surface area contributed by atoms with Crippen LogP contribution in [0.1, 0.15) is 42.4 Å². The molecule has 11 heteroatoms. The standard InChI is InChI=1S/C23H26FN5O4S/c1-14(30)28-8-5-15(6-9-28)17-11-25-23(29-13-27-22(21(17)29)34(2,31)32)26-12-18-16-7-10-33-20(16)4-3-19(18)24/h3-4,11,13,15H,5-10,12H2,1-2H3,(H,25,26). The molecule has 180 valence electrons. The largest absolute Gasteiger partial charge is 0.493 e. The van der Waals surface area contributed by atoms with E-state index in [1.54, 1.807) is 28.5 Å². The lowest BCUT2D eigenvalue weighted by Gasteiger charge is -2.31. The molecule has 1 amide bonds. The summed E-state index contributed by atoms with van der Waals surface area (Å²) in [4.78, 5) is 22.2. The number of sulfone groups is 1. The molecule has 2 aliphatic heterocycles. The SMILES string of the molecule is CC(=O)N1CCC(c2cnc(NCc3c(F)ccc4c3CCO4)n3cnc(S(C)(=O)=O)c23)CC1. The Balaban J connectivity index is 1.51. The highest BCUT2D eigenvalue weighted by Crippen LogP contribution is 2.35. The highest BCUT2D eigenvalue weighted by molar-refractivity contribution is 7.90. The number of hydrogen-bond donors (Lipinski definition) is 1. The molecule has 3 aromatic rings. The maximum Gasteiger partial charge on any atom is 0.219 e. The first kappa shape index (κ1) is 22.6. The molecule has 5 rings (SSSR count). The molecule has 0 bridgehead atoms. The quantitative estimate of drug-likeness (QED) is 0.590. The number of nitrogens with one attached hydrogen (secondary N) is 1. The number of likely N-dealkylation sites (tertiary alicyclic amines) is 1. The van der Waals surface area contributed by atoms with Crippen molar-refractivity contribution in [1.29, 1.82) is 0 Å². The molecule has 4 heterocycles. The Morgan fingerprint density at radius 2 is 2.03 bits per heavy atom. The topological polar surface area (TPSA) is 106 Å². The van der Waals surface area contributed by atoms with Crippen LogP contribution >= 0.6 is 0 Å². The van der Waals surface area contributed by atoms with Gasteiger partial charge < -0.3 is 15.0 Å². The summed E-state index contributed by atoms with van der Waals surface area (Å²) in [6.45, 7) is 3.45. The van der Waals surface area contributed by atoms with Gasteiger partial charge in [-0.3, -0.25) is 9.20 Å². The van der Waals surface area contributed by atoms with Gasteiger partial charge in [0.1, 0.15) is 17.9 Å². The van der Waals surface area contributed by atoms with E-state index in [1.807, 2.05) is 0 Å². The van der Waals surface area contributed by atoms with E-state index in [9.17, 15) is 17.6 Å². The van der Waals surface area contributed by atoms with E-state index in [4.69, 9.17) is 4.74 Å². The second-order valence-corrected chi connectivity index (χ2v) is 10.7. The lowest BCUT2D eigenvalue weighted by atomic mass is 9.90. The molecule has 0 unspecified atom stereocenters. The lowest BCUT2D eigenvalue weighted by molar-refractivity contribution is -0.129. The van der Waals surface area contributed by atoms with Crippen LogP contribution in [0.4, 0.5) is 10.3 Å². The summed E-state index contributed by atoms with van der Waals surface area (Å²) in [6, 6.07) is 3.03. The van der Waals surface area contributed by atoms with Crippen LogP contribution in [0.5, 0.6) is 5.75 Å². The molecule has 1 saturated heterocycles. The molecule has 0 saturated carbocycles. The van der Waals surface area contributed by atoms with Gasteiger partial charge in [-0.1, -0.05) is 0 Å². The van der Waals surface area contributed by atoms with Crippen LogP contribution < -0.4 is 10.1 Å². The molecule has 1 aromatic carbocycles. The van der Waals surface area contributed by atoms with Crippen LogP contribution in [-0.2, 0) is 27.6 Å². The van der Waals surface area contributed by atoms with E-state index >= 15 is 0 Å². The Bertz CT molecular complexity index is 1380. The number of carbonyl (C=O) groups excluding carboxylic acids is 1. The van der Waals surface area contributed by atoms with Crippen molar-refractivity contribution in [3.05, 3.63) is 47.2 Å². The highest BCUT2D eigenvalue weighted by atomic mass is 32.2. The first-order valence-electron chi connectivity index (χ1n) is 11.2. The molecule has 34 heavy (non-hydrogen) atoms. The molecular formula is C23H26FN5O4S. The Morgan fingerprint density at radius 1 is 1.26 bits per heavy atom. The Hall–Kier alpha value is -3.21. The smallest absolute Gasteiger partial charge is 0.219 e. The van der Waals surface area contributed by atoms with Crippen LogP contribution in [-0.4, -0.2) is 59.5 Å². The minimum absolute atomic E-state index is 0.0119. The first-order chi connectivity index (χ1) is 16.2. The highest BCUT2D eigenvalue weighted by Gasteiger charge is 2.28. The second kappa shape index (κ2) is 8.53. The number of amides is 1. The number of piperidine rings is 1. The van der Waals surface area contributed by atoms with Gasteiger partial charge in [-0.2, -0.15) is 0 Å². The Labute approximate surface area is 196 Å². The Kier molecular flexibility index (Phi) is 5.67. The fourth-order valence-electron chi connectivity index (χ4n) is 4.89. The summed E-state index contributed by atoms with van der Waals surface area (Å²) in [5.41, 5.74) is 2.60. The summed E-state index contributed by atoms with van der Waals surface area (Å²) < 4.78 is 46.8. The van der Waals surface area contributed by atoms with E-state index in [1.165, 1.54) is 12.4 Å². The van der Waals surface area contributed by atoms with Crippen molar-refractivity contribution < 1.29 is 22.3 Å². The van der Waals surface area contributed by atoms with Gasteiger partial charge in [-0.15, -0.1) is 0 Å². The van der Waals surface area contributed by atoms with Crippen LogP contribution in [0, 0.1) is 5.82 Å². The molecule has 2 aliphatic rings. The normalized spacial score (nSPS) is 16.5. The number of hydrogen-bond acceptors (Lipinski definition) is 7. The van der Waals surface area contributed by atoms with Crippen molar-refractivity contribution in [1.82, 2.24) is 19.3 Å². The zero-order valence-electron chi connectivity index (χ0n) is 19.0. The molecule has 2 aromatic heterocycles. The van der Waals surface area contributed by atoms with E-state index in [0.29, 0.717) is 61.7 Å². The fraction of sp³-hybridized carbons (Fsp3) is 0.435. The number of nitrogens with zero attached hydrogens (tertiary/aromatic N) is 4. The van der Waals surface area contributed by atoms with Gasteiger partial charge in [0.25, 0.3) is 0 Å². The van der Waals surface area contributed by atoms with Crippen molar-refractivity contribution in [3.63, 3.8) is 0 Å². The summed E-state index contributed by atoms with van der Waals surface area (Å²) in [5.74, 6) is 0.810. The van der Waals surface area contributed by atoms with Crippen LogP contribution in [0.2, 0.25) is 0 Å². The molecule has 0 atom stereocenters. The maximum absolute atomic E-state index is 14.6. The molecule has 1 N–H and O–H groups in total. The molecule has 9 nitrogen and oxygen atoms in total. The van der Waals surface area contributed by atoms with Crippen molar-refractivity contribution >= 4 is 27.2 Å². The van der Waals surface area contributed by atoms with Gasteiger partial charge in [0.05, 0.1) is 12.1 Å². The monoisotopic (exact) mass is 487 g/mol. The zero-order chi connectivity index (χ0) is 24.0. The van der Waals surface area contributed by atoms with E-state index in [-0.39, 0.29) is 29.2 Å². The molecule has 0 radical (unpaired) electrons. The van der Waals surface area contributed by atoms with Crippen molar-refractivity contribution in [3.8, 4) is 5.75 Å². The third kappa shape index (κ3) is 3.97. The van der Waals surface area contributed by atoms with Crippen molar-refractivity contribution in [2.75, 3.05) is 31.3 Å². The van der Waals surface area contributed by atoms with Crippen LogP contribution in [0.3, 0.4) is 0 Å². The summed E-state index contributed by atoms with van der Waals surface area (Å²) in [7, 11) is -3.60. The average molecular weight is 488 g/mol. The molecule has 1 fully saturated rings. The number of carbonyl (C=O) groups is 1. The summed E-state index contributed by atoms with van der Waals surface area (Å²) in [5, 5.41) is 3.15. The minimum atomic E-state index is -3.60.